The number of nitrogens with one attached hydrogen (secondary N) is 2. The van der Waals surface area contributed by atoms with Gasteiger partial charge in [0, 0.05) is 48.6 Å². The van der Waals surface area contributed by atoms with Crippen molar-refractivity contribution in [3.8, 4) is 11.4 Å². The number of aromatic nitrogens is 3. The molecule has 32 heavy (non-hydrogen) atoms. The van der Waals surface area contributed by atoms with Gasteiger partial charge in [-0.15, -0.1) is 0 Å². The molecule has 1 fully saturated rings. The van der Waals surface area contributed by atoms with Crippen molar-refractivity contribution in [1.82, 2.24) is 25.2 Å². The largest absolute Gasteiger partial charge is 0.344 e. The summed E-state index contributed by atoms with van der Waals surface area (Å²) in [5.74, 6) is 0.471. The van der Waals surface area contributed by atoms with Gasteiger partial charge in [-0.05, 0) is 36.8 Å². The highest BCUT2D eigenvalue weighted by molar-refractivity contribution is 5.91. The second kappa shape index (κ2) is 8.33. The fraction of sp³-hybridized carbons (Fsp3) is 0.261. The van der Waals surface area contributed by atoms with Gasteiger partial charge in [0.2, 0.25) is 11.8 Å². The van der Waals surface area contributed by atoms with Crippen molar-refractivity contribution < 1.29 is 14.0 Å². The van der Waals surface area contributed by atoms with E-state index in [9.17, 15) is 14.0 Å². The molecular formula is C23H21FN6O2. The molecule has 3 aromatic rings. The molecule has 0 spiro atoms. The molecule has 0 saturated carbocycles. The molecule has 1 saturated heterocycles. The molecule has 0 bridgehead atoms. The first-order valence-electron chi connectivity index (χ1n) is 10.5. The maximum Gasteiger partial charge on any atom is 0.245 e. The number of pyridine rings is 1. The summed E-state index contributed by atoms with van der Waals surface area (Å²) in [5.41, 5.74) is 2.93. The zero-order valence-electron chi connectivity index (χ0n) is 17.2. The van der Waals surface area contributed by atoms with Gasteiger partial charge < -0.3 is 15.5 Å². The molecule has 2 aliphatic heterocycles. The Hall–Kier alpha value is -3.88. The molecule has 9 heteroatoms. The van der Waals surface area contributed by atoms with Crippen LogP contribution in [0.4, 0.5) is 15.9 Å². The predicted octanol–water partition coefficient (Wildman–Crippen LogP) is 2.58. The Labute approximate surface area is 183 Å². The summed E-state index contributed by atoms with van der Waals surface area (Å²) in [7, 11) is 0. The van der Waals surface area contributed by atoms with Crippen LogP contribution >= 0.6 is 0 Å². The highest BCUT2D eigenvalue weighted by Crippen LogP contribution is 2.30. The number of amides is 2. The first kappa shape index (κ1) is 20.0. The minimum absolute atomic E-state index is 0.0985. The third-order valence-electron chi connectivity index (χ3n) is 5.67. The van der Waals surface area contributed by atoms with E-state index in [4.69, 9.17) is 9.97 Å². The zero-order valence-corrected chi connectivity index (χ0v) is 17.2. The first-order valence-corrected chi connectivity index (χ1v) is 10.5. The van der Waals surface area contributed by atoms with Gasteiger partial charge in [0.15, 0.2) is 5.82 Å². The summed E-state index contributed by atoms with van der Waals surface area (Å²) in [5, 5.41) is 5.94. The SMILES string of the molecule is O=C1CCC(C(=O)N2CCc3nc(-c4cccnc4)nc(Nc4cccc(F)c4)c3C2)N1. The average molecular weight is 432 g/mol. The quantitative estimate of drug-likeness (QED) is 0.657. The van der Waals surface area contributed by atoms with E-state index in [1.54, 1.807) is 29.4 Å². The molecular weight excluding hydrogens is 411 g/mol. The monoisotopic (exact) mass is 432 g/mol. The Bertz CT molecular complexity index is 1190. The Morgan fingerprint density at radius 3 is 2.84 bits per heavy atom. The van der Waals surface area contributed by atoms with E-state index in [1.807, 2.05) is 12.1 Å². The van der Waals surface area contributed by atoms with Crippen molar-refractivity contribution in [1.29, 1.82) is 0 Å². The molecule has 2 N–H and O–H groups in total. The van der Waals surface area contributed by atoms with Gasteiger partial charge in [0.1, 0.15) is 17.7 Å². The maximum atomic E-state index is 13.8. The maximum absolute atomic E-state index is 13.8. The third-order valence-corrected chi connectivity index (χ3v) is 5.67. The Morgan fingerprint density at radius 2 is 2.09 bits per heavy atom. The molecule has 2 aromatic heterocycles. The van der Waals surface area contributed by atoms with E-state index in [-0.39, 0.29) is 17.6 Å². The number of hydrogen-bond acceptors (Lipinski definition) is 6. The normalized spacial score (nSPS) is 17.6. The highest BCUT2D eigenvalue weighted by Gasteiger charge is 2.33. The molecule has 1 unspecified atom stereocenters. The van der Waals surface area contributed by atoms with Crippen LogP contribution in [0.1, 0.15) is 24.1 Å². The van der Waals surface area contributed by atoms with Crippen LogP contribution in [0.15, 0.2) is 48.8 Å². The van der Waals surface area contributed by atoms with E-state index in [0.717, 1.165) is 16.8 Å². The van der Waals surface area contributed by atoms with Gasteiger partial charge >= 0.3 is 0 Å². The summed E-state index contributed by atoms with van der Waals surface area (Å²) >= 11 is 0. The third kappa shape index (κ3) is 4.01. The number of benzene rings is 1. The minimum Gasteiger partial charge on any atom is -0.344 e. The minimum atomic E-state index is -0.487. The van der Waals surface area contributed by atoms with Crippen LogP contribution in [0.2, 0.25) is 0 Å². The van der Waals surface area contributed by atoms with E-state index in [2.05, 4.69) is 15.6 Å². The lowest BCUT2D eigenvalue weighted by molar-refractivity contribution is -0.135. The van der Waals surface area contributed by atoms with Crippen molar-refractivity contribution in [2.75, 3.05) is 11.9 Å². The number of nitrogens with zero attached hydrogens (tertiary/aromatic N) is 4. The van der Waals surface area contributed by atoms with Gasteiger partial charge in [-0.2, -0.15) is 0 Å². The summed E-state index contributed by atoms with van der Waals surface area (Å²) in [4.78, 5) is 39.8. The molecule has 0 aliphatic carbocycles. The van der Waals surface area contributed by atoms with Crippen LogP contribution < -0.4 is 10.6 Å². The van der Waals surface area contributed by atoms with Gasteiger partial charge in [-0.1, -0.05) is 6.07 Å². The van der Waals surface area contributed by atoms with Crippen LogP contribution in [-0.4, -0.2) is 44.3 Å². The Kier molecular flexibility index (Phi) is 5.22. The molecule has 0 radical (unpaired) electrons. The average Bonchev–Trinajstić information content (AvgIpc) is 3.25. The number of carbonyl (C=O) groups excluding carboxylic acids is 2. The second-order valence-electron chi connectivity index (χ2n) is 7.87. The van der Waals surface area contributed by atoms with Crippen LogP contribution in [0.25, 0.3) is 11.4 Å². The summed E-state index contributed by atoms with van der Waals surface area (Å²) in [6.07, 6.45) is 4.79. The molecule has 1 atom stereocenters. The van der Waals surface area contributed by atoms with Crippen molar-refractivity contribution in [3.63, 3.8) is 0 Å². The van der Waals surface area contributed by atoms with Gasteiger partial charge in [0.25, 0.3) is 0 Å². The van der Waals surface area contributed by atoms with E-state index >= 15 is 0 Å². The molecule has 2 aliphatic rings. The topological polar surface area (TPSA) is 100 Å². The van der Waals surface area contributed by atoms with E-state index in [0.29, 0.717) is 49.7 Å². The number of fused-ring (bicyclic) bond motifs is 1. The van der Waals surface area contributed by atoms with Crippen molar-refractivity contribution in [2.45, 2.75) is 31.8 Å². The van der Waals surface area contributed by atoms with Gasteiger partial charge in [-0.3, -0.25) is 14.6 Å². The molecule has 4 heterocycles. The van der Waals surface area contributed by atoms with Crippen LogP contribution in [0, 0.1) is 5.82 Å². The highest BCUT2D eigenvalue weighted by atomic mass is 19.1. The number of hydrogen-bond donors (Lipinski definition) is 2. The van der Waals surface area contributed by atoms with Crippen molar-refractivity contribution in [3.05, 3.63) is 65.9 Å². The van der Waals surface area contributed by atoms with Crippen LogP contribution in [0.5, 0.6) is 0 Å². The molecule has 8 nitrogen and oxygen atoms in total. The van der Waals surface area contributed by atoms with Crippen molar-refractivity contribution in [2.24, 2.45) is 0 Å². The standard InChI is InChI=1S/C23H21FN6O2/c24-15-4-1-5-16(11-15)26-22-17-13-30(23(32)19-6-7-20(31)27-19)10-8-18(17)28-21(29-22)14-3-2-9-25-12-14/h1-5,9,11-12,19H,6-8,10,13H2,(H,27,31)(H,26,28,29). The molecule has 1 aromatic carbocycles. The first-order chi connectivity index (χ1) is 15.6. The zero-order chi connectivity index (χ0) is 22.1. The van der Waals surface area contributed by atoms with Crippen LogP contribution in [0.3, 0.4) is 0 Å². The van der Waals surface area contributed by atoms with E-state index in [1.165, 1.54) is 12.1 Å². The fourth-order valence-corrected chi connectivity index (χ4v) is 4.05. The lowest BCUT2D eigenvalue weighted by Crippen LogP contribution is -2.46. The van der Waals surface area contributed by atoms with Gasteiger partial charge in [0.05, 0.1) is 12.2 Å². The number of carbonyl (C=O) groups is 2. The second-order valence-corrected chi connectivity index (χ2v) is 7.87. The van der Waals surface area contributed by atoms with Crippen LogP contribution in [-0.2, 0) is 22.6 Å². The number of halogens is 1. The smallest absolute Gasteiger partial charge is 0.245 e. The molecule has 2 amide bonds. The summed E-state index contributed by atoms with van der Waals surface area (Å²) < 4.78 is 13.8. The van der Waals surface area contributed by atoms with Gasteiger partial charge in [-0.25, -0.2) is 14.4 Å². The van der Waals surface area contributed by atoms with E-state index < -0.39 is 6.04 Å². The summed E-state index contributed by atoms with van der Waals surface area (Å²) in [6.45, 7) is 0.812. The Balaban J connectivity index is 1.50. The molecule has 162 valence electrons. The summed E-state index contributed by atoms with van der Waals surface area (Å²) in [6, 6.07) is 9.33. The van der Waals surface area contributed by atoms with Crippen molar-refractivity contribution >= 4 is 23.3 Å². The Morgan fingerprint density at radius 1 is 1.19 bits per heavy atom. The number of anilines is 2. The fourth-order valence-electron chi connectivity index (χ4n) is 4.05. The predicted molar refractivity (Wildman–Crippen MR) is 115 cm³/mol. The lowest BCUT2D eigenvalue weighted by Gasteiger charge is -2.31. The number of rotatable bonds is 4. The molecule has 5 rings (SSSR count). The lowest BCUT2D eigenvalue weighted by atomic mass is 10.0.